The number of aromatic nitrogens is 3. The zero-order valence-corrected chi connectivity index (χ0v) is 11.3. The third kappa shape index (κ3) is 1.68. The van der Waals surface area contributed by atoms with Crippen LogP contribution in [0.1, 0.15) is 11.6 Å². The van der Waals surface area contributed by atoms with Crippen molar-refractivity contribution >= 4 is 0 Å². The van der Waals surface area contributed by atoms with Gasteiger partial charge in [-0.2, -0.15) is 4.98 Å². The van der Waals surface area contributed by atoms with E-state index in [1.807, 2.05) is 19.1 Å². The quantitative estimate of drug-likeness (QED) is 0.876. The van der Waals surface area contributed by atoms with Crippen LogP contribution in [0.3, 0.4) is 0 Å². The van der Waals surface area contributed by atoms with Crippen LogP contribution in [0.15, 0.2) is 22.9 Å². The summed E-state index contributed by atoms with van der Waals surface area (Å²) in [5, 5.41) is 7.53. The molecule has 104 valence electrons. The van der Waals surface area contributed by atoms with E-state index in [4.69, 9.17) is 9.26 Å². The van der Waals surface area contributed by atoms with Gasteiger partial charge in [-0.25, -0.2) is 0 Å². The molecule has 2 fully saturated rings. The van der Waals surface area contributed by atoms with E-state index >= 15 is 0 Å². The summed E-state index contributed by atoms with van der Waals surface area (Å²) >= 11 is 0. The van der Waals surface area contributed by atoms with Crippen LogP contribution in [-0.4, -0.2) is 41.4 Å². The highest BCUT2D eigenvalue weighted by atomic mass is 16.5. The molecule has 0 amide bonds. The molecule has 2 atom stereocenters. The Kier molecular flexibility index (Phi) is 2.61. The Morgan fingerprint density at radius 1 is 1.45 bits per heavy atom. The minimum absolute atomic E-state index is 0.146. The summed E-state index contributed by atoms with van der Waals surface area (Å²) < 4.78 is 11.2. The molecule has 0 bridgehead atoms. The molecule has 1 N–H and O–H groups in total. The van der Waals surface area contributed by atoms with Crippen LogP contribution in [0.4, 0.5) is 0 Å². The van der Waals surface area contributed by atoms with Crippen molar-refractivity contribution in [3.05, 3.63) is 29.9 Å². The van der Waals surface area contributed by atoms with Gasteiger partial charge in [0.05, 0.1) is 18.6 Å². The molecule has 0 aromatic carbocycles. The molecule has 2 aliphatic heterocycles. The van der Waals surface area contributed by atoms with E-state index in [-0.39, 0.29) is 5.41 Å². The van der Waals surface area contributed by atoms with Crippen LogP contribution in [0.5, 0.6) is 0 Å². The monoisotopic (exact) mass is 272 g/mol. The molecule has 2 aromatic rings. The van der Waals surface area contributed by atoms with Crippen molar-refractivity contribution in [2.75, 3.05) is 26.3 Å². The molecule has 2 aliphatic rings. The molecule has 6 heteroatoms. The average Bonchev–Trinajstić information content (AvgIpc) is 3.13. The summed E-state index contributed by atoms with van der Waals surface area (Å²) in [6.45, 7) is 5.16. The van der Waals surface area contributed by atoms with Gasteiger partial charge in [0.1, 0.15) is 0 Å². The second kappa shape index (κ2) is 4.36. The van der Waals surface area contributed by atoms with Gasteiger partial charge in [-0.3, -0.25) is 4.98 Å². The predicted octanol–water partition coefficient (Wildman–Crippen LogP) is 0.927. The lowest BCUT2D eigenvalue weighted by atomic mass is 9.81. The third-order valence-electron chi connectivity index (χ3n) is 4.30. The van der Waals surface area contributed by atoms with Gasteiger partial charge < -0.3 is 14.6 Å². The summed E-state index contributed by atoms with van der Waals surface area (Å²) in [5.74, 6) is 1.74. The molecule has 0 unspecified atom stereocenters. The molecule has 0 aliphatic carbocycles. The number of hydrogen-bond acceptors (Lipinski definition) is 6. The van der Waals surface area contributed by atoms with Crippen LogP contribution < -0.4 is 5.32 Å². The van der Waals surface area contributed by atoms with Crippen molar-refractivity contribution in [1.29, 1.82) is 0 Å². The van der Waals surface area contributed by atoms with E-state index in [1.165, 1.54) is 0 Å². The smallest absolute Gasteiger partial charge is 0.237 e. The summed E-state index contributed by atoms with van der Waals surface area (Å²) in [6, 6.07) is 3.86. The molecule has 4 heterocycles. The maximum absolute atomic E-state index is 5.63. The first kappa shape index (κ1) is 12.0. The predicted molar refractivity (Wildman–Crippen MR) is 71.1 cm³/mol. The van der Waals surface area contributed by atoms with Gasteiger partial charge in [0.25, 0.3) is 0 Å². The first-order valence-corrected chi connectivity index (χ1v) is 6.84. The van der Waals surface area contributed by atoms with E-state index in [9.17, 15) is 0 Å². The highest BCUT2D eigenvalue weighted by molar-refractivity contribution is 5.54. The number of ether oxygens (including phenoxy) is 1. The largest absolute Gasteiger partial charge is 0.380 e. The van der Waals surface area contributed by atoms with Crippen LogP contribution in [0.25, 0.3) is 11.4 Å². The zero-order chi connectivity index (χ0) is 13.6. The summed E-state index contributed by atoms with van der Waals surface area (Å²) in [6.07, 6.45) is 1.76. The molecule has 2 aromatic heterocycles. The Morgan fingerprint density at radius 2 is 2.40 bits per heavy atom. The molecule has 0 spiro atoms. The summed E-state index contributed by atoms with van der Waals surface area (Å²) in [4.78, 5) is 8.80. The maximum Gasteiger partial charge on any atom is 0.237 e. The van der Waals surface area contributed by atoms with Crippen LogP contribution in [0, 0.1) is 12.8 Å². The van der Waals surface area contributed by atoms with Gasteiger partial charge in [0.2, 0.25) is 11.7 Å². The molecule has 2 saturated heterocycles. The zero-order valence-electron chi connectivity index (χ0n) is 11.3. The Bertz CT molecular complexity index is 630. The molecule has 6 nitrogen and oxygen atoms in total. The fourth-order valence-corrected chi connectivity index (χ4v) is 3.12. The number of rotatable bonds is 2. The maximum atomic E-state index is 5.63. The van der Waals surface area contributed by atoms with Crippen molar-refractivity contribution in [3.8, 4) is 11.4 Å². The Hall–Kier alpha value is -1.79. The fourth-order valence-electron chi connectivity index (χ4n) is 3.12. The van der Waals surface area contributed by atoms with Gasteiger partial charge in [0, 0.05) is 36.5 Å². The minimum Gasteiger partial charge on any atom is -0.380 e. The van der Waals surface area contributed by atoms with Crippen molar-refractivity contribution in [3.63, 3.8) is 0 Å². The van der Waals surface area contributed by atoms with Crippen molar-refractivity contribution < 1.29 is 9.26 Å². The lowest BCUT2D eigenvalue weighted by Gasteiger charge is -2.20. The molecule has 0 radical (unpaired) electrons. The SMILES string of the molecule is Cc1cc(-c2noc([C@]34CNC[C@H]3COC4)n2)ccn1. The summed E-state index contributed by atoms with van der Waals surface area (Å²) in [7, 11) is 0. The fraction of sp³-hybridized carbons (Fsp3) is 0.500. The van der Waals surface area contributed by atoms with E-state index in [1.54, 1.807) is 6.20 Å². The second-order valence-electron chi connectivity index (χ2n) is 5.61. The van der Waals surface area contributed by atoms with E-state index < -0.39 is 0 Å². The van der Waals surface area contributed by atoms with Gasteiger partial charge in [-0.05, 0) is 19.1 Å². The normalized spacial score (nSPS) is 28.8. The van der Waals surface area contributed by atoms with Crippen molar-refractivity contribution in [1.82, 2.24) is 20.4 Å². The molecule has 4 rings (SSSR count). The Balaban J connectivity index is 1.72. The van der Waals surface area contributed by atoms with Crippen molar-refractivity contribution in [2.24, 2.45) is 5.92 Å². The van der Waals surface area contributed by atoms with Crippen LogP contribution in [-0.2, 0) is 10.2 Å². The number of nitrogens with zero attached hydrogens (tertiary/aromatic N) is 3. The standard InChI is InChI=1S/C14H16N4O2/c1-9-4-10(2-3-16-9)12-17-13(20-18-12)14-7-15-5-11(14)6-19-8-14/h2-4,11,15H,5-8H2,1H3/t11-,14-/m0/s1. The second-order valence-corrected chi connectivity index (χ2v) is 5.61. The first-order valence-electron chi connectivity index (χ1n) is 6.84. The molecular weight excluding hydrogens is 256 g/mol. The topological polar surface area (TPSA) is 73.1 Å². The first-order chi connectivity index (χ1) is 9.78. The lowest BCUT2D eigenvalue weighted by molar-refractivity contribution is 0.161. The highest BCUT2D eigenvalue weighted by Gasteiger charge is 2.52. The van der Waals surface area contributed by atoms with Crippen molar-refractivity contribution in [2.45, 2.75) is 12.3 Å². The van der Waals surface area contributed by atoms with Crippen LogP contribution in [0.2, 0.25) is 0 Å². The van der Waals surface area contributed by atoms with Gasteiger partial charge in [0.15, 0.2) is 0 Å². The van der Waals surface area contributed by atoms with Crippen LogP contribution >= 0.6 is 0 Å². The number of pyridine rings is 1. The number of nitrogens with one attached hydrogen (secondary N) is 1. The van der Waals surface area contributed by atoms with Gasteiger partial charge in [-0.15, -0.1) is 0 Å². The van der Waals surface area contributed by atoms with Gasteiger partial charge >= 0.3 is 0 Å². The lowest BCUT2D eigenvalue weighted by Crippen LogP contribution is -2.35. The molecular formula is C14H16N4O2. The number of aryl methyl sites for hydroxylation is 1. The molecule has 0 saturated carbocycles. The minimum atomic E-state index is -0.146. The van der Waals surface area contributed by atoms with E-state index in [2.05, 4.69) is 20.4 Å². The van der Waals surface area contributed by atoms with E-state index in [0.717, 1.165) is 31.0 Å². The third-order valence-corrected chi connectivity index (χ3v) is 4.30. The number of fused-ring (bicyclic) bond motifs is 1. The average molecular weight is 272 g/mol. The molecule has 20 heavy (non-hydrogen) atoms. The summed E-state index contributed by atoms with van der Waals surface area (Å²) in [5.41, 5.74) is 1.73. The highest BCUT2D eigenvalue weighted by Crippen LogP contribution is 2.40. The van der Waals surface area contributed by atoms with Gasteiger partial charge in [-0.1, -0.05) is 5.16 Å². The van der Waals surface area contributed by atoms with E-state index in [0.29, 0.717) is 24.2 Å². The Labute approximate surface area is 116 Å². The number of hydrogen-bond donors (Lipinski definition) is 1. The Morgan fingerprint density at radius 3 is 3.30 bits per heavy atom.